The minimum atomic E-state index is 0.463. The molecular weight excluding hydrogens is 186 g/mol. The third-order valence-corrected chi connectivity index (χ3v) is 2.45. The van der Waals surface area contributed by atoms with Crippen molar-refractivity contribution in [3.05, 3.63) is 35.4 Å². The lowest BCUT2D eigenvalue weighted by Gasteiger charge is -2.09. The Morgan fingerprint density at radius 3 is 3.07 bits per heavy atom. The minimum absolute atomic E-state index is 0.463. The molecule has 1 aliphatic heterocycles. The van der Waals surface area contributed by atoms with Gasteiger partial charge in [-0.2, -0.15) is 0 Å². The molecule has 0 aliphatic carbocycles. The Labute approximate surface area is 90.6 Å². The summed E-state index contributed by atoms with van der Waals surface area (Å²) in [4.78, 5) is 4.35. The second kappa shape index (κ2) is 4.34. The van der Waals surface area contributed by atoms with E-state index in [-0.39, 0.29) is 0 Å². The highest BCUT2D eigenvalue weighted by Crippen LogP contribution is 2.03. The van der Waals surface area contributed by atoms with Crippen LogP contribution in [0.4, 0.5) is 0 Å². The Kier molecular flexibility index (Phi) is 2.90. The number of aliphatic imine (C=N–C) groups is 1. The first-order valence-corrected chi connectivity index (χ1v) is 5.34. The van der Waals surface area contributed by atoms with E-state index in [9.17, 15) is 0 Å². The number of nitrogens with one attached hydrogen (secondary N) is 2. The Bertz CT molecular complexity index is 371. The molecule has 0 amide bonds. The maximum absolute atomic E-state index is 4.35. The van der Waals surface area contributed by atoms with Crippen LogP contribution < -0.4 is 10.6 Å². The standard InChI is InChI=1S/C12H17N3/c1-9-4-3-5-11(6-9)8-14-12-13-7-10(2)15-12/h3-6,10H,7-8H2,1-2H3,(H2,13,14,15). The molecule has 0 bridgehead atoms. The van der Waals surface area contributed by atoms with E-state index in [1.807, 2.05) is 0 Å². The quantitative estimate of drug-likeness (QED) is 0.763. The minimum Gasteiger partial charge on any atom is -0.352 e. The lowest BCUT2D eigenvalue weighted by atomic mass is 10.1. The van der Waals surface area contributed by atoms with Gasteiger partial charge in [-0.05, 0) is 19.4 Å². The lowest BCUT2D eigenvalue weighted by Crippen LogP contribution is -2.37. The molecule has 0 saturated heterocycles. The van der Waals surface area contributed by atoms with Gasteiger partial charge in [-0.3, -0.25) is 4.99 Å². The maximum atomic E-state index is 4.35. The molecule has 3 heteroatoms. The van der Waals surface area contributed by atoms with Crippen LogP contribution >= 0.6 is 0 Å². The van der Waals surface area contributed by atoms with E-state index in [0.29, 0.717) is 6.04 Å². The Morgan fingerprint density at radius 2 is 2.40 bits per heavy atom. The fourth-order valence-corrected chi connectivity index (χ4v) is 1.67. The summed E-state index contributed by atoms with van der Waals surface area (Å²) < 4.78 is 0. The highest BCUT2D eigenvalue weighted by atomic mass is 15.2. The molecule has 3 nitrogen and oxygen atoms in total. The predicted molar refractivity (Wildman–Crippen MR) is 62.9 cm³/mol. The molecule has 0 radical (unpaired) electrons. The van der Waals surface area contributed by atoms with Crippen molar-refractivity contribution in [2.24, 2.45) is 4.99 Å². The average molecular weight is 203 g/mol. The summed E-state index contributed by atoms with van der Waals surface area (Å²) in [5, 5.41) is 6.57. The molecule has 0 saturated carbocycles. The molecule has 0 spiro atoms. The van der Waals surface area contributed by atoms with Crippen molar-refractivity contribution in [3.63, 3.8) is 0 Å². The van der Waals surface area contributed by atoms with Crippen LogP contribution in [0.2, 0.25) is 0 Å². The van der Waals surface area contributed by atoms with Crippen LogP contribution in [0.1, 0.15) is 18.1 Å². The zero-order valence-corrected chi connectivity index (χ0v) is 9.25. The molecule has 15 heavy (non-hydrogen) atoms. The molecular formula is C12H17N3. The lowest BCUT2D eigenvalue weighted by molar-refractivity contribution is 0.713. The van der Waals surface area contributed by atoms with E-state index in [1.165, 1.54) is 11.1 Å². The van der Waals surface area contributed by atoms with Gasteiger partial charge in [0, 0.05) is 12.6 Å². The van der Waals surface area contributed by atoms with Crippen LogP contribution in [-0.2, 0) is 6.54 Å². The third kappa shape index (κ3) is 2.72. The summed E-state index contributed by atoms with van der Waals surface area (Å²) >= 11 is 0. The molecule has 1 aromatic rings. The van der Waals surface area contributed by atoms with Gasteiger partial charge < -0.3 is 10.6 Å². The van der Waals surface area contributed by atoms with Gasteiger partial charge in [-0.15, -0.1) is 0 Å². The number of hydrogen-bond acceptors (Lipinski definition) is 3. The van der Waals surface area contributed by atoms with E-state index in [0.717, 1.165) is 19.0 Å². The molecule has 1 unspecified atom stereocenters. The smallest absolute Gasteiger partial charge is 0.191 e. The molecule has 2 rings (SSSR count). The van der Waals surface area contributed by atoms with Crippen LogP contribution in [0.5, 0.6) is 0 Å². The monoisotopic (exact) mass is 203 g/mol. The highest BCUT2D eigenvalue weighted by molar-refractivity contribution is 5.81. The van der Waals surface area contributed by atoms with Crippen LogP contribution in [0.15, 0.2) is 29.3 Å². The fraction of sp³-hybridized carbons (Fsp3) is 0.417. The molecule has 1 atom stereocenters. The summed E-state index contributed by atoms with van der Waals surface area (Å²) in [6, 6.07) is 8.96. The number of nitrogens with zero attached hydrogens (tertiary/aromatic N) is 1. The highest BCUT2D eigenvalue weighted by Gasteiger charge is 2.11. The Balaban J connectivity index is 1.88. The summed E-state index contributed by atoms with van der Waals surface area (Å²) in [6.07, 6.45) is 0. The second-order valence-electron chi connectivity index (χ2n) is 4.08. The molecule has 0 aromatic heterocycles. The van der Waals surface area contributed by atoms with E-state index in [4.69, 9.17) is 0 Å². The van der Waals surface area contributed by atoms with Crippen molar-refractivity contribution in [1.82, 2.24) is 10.6 Å². The zero-order valence-electron chi connectivity index (χ0n) is 9.25. The van der Waals surface area contributed by atoms with E-state index in [1.54, 1.807) is 0 Å². The van der Waals surface area contributed by atoms with E-state index < -0.39 is 0 Å². The molecule has 80 valence electrons. The predicted octanol–water partition coefficient (Wildman–Crippen LogP) is 1.43. The van der Waals surface area contributed by atoms with Gasteiger partial charge in [0.1, 0.15) is 0 Å². The number of hydrogen-bond donors (Lipinski definition) is 2. The number of benzene rings is 1. The molecule has 0 fully saturated rings. The topological polar surface area (TPSA) is 36.4 Å². The Hall–Kier alpha value is -1.51. The summed E-state index contributed by atoms with van der Waals surface area (Å²) in [5.74, 6) is 0.920. The summed E-state index contributed by atoms with van der Waals surface area (Å²) in [6.45, 7) is 5.94. The number of rotatable bonds is 2. The van der Waals surface area contributed by atoms with Gasteiger partial charge in [0.25, 0.3) is 0 Å². The maximum Gasteiger partial charge on any atom is 0.191 e. The van der Waals surface area contributed by atoms with Crippen molar-refractivity contribution in [3.8, 4) is 0 Å². The number of aryl methyl sites for hydroxylation is 1. The van der Waals surface area contributed by atoms with Crippen LogP contribution in [-0.4, -0.2) is 18.5 Å². The normalized spacial score (nSPS) is 19.6. The van der Waals surface area contributed by atoms with Gasteiger partial charge in [0.05, 0.1) is 6.54 Å². The summed E-state index contributed by atoms with van der Waals surface area (Å²) in [7, 11) is 0. The van der Waals surface area contributed by atoms with Gasteiger partial charge in [-0.1, -0.05) is 29.8 Å². The third-order valence-electron chi connectivity index (χ3n) is 2.45. The first-order chi connectivity index (χ1) is 7.24. The van der Waals surface area contributed by atoms with Crippen molar-refractivity contribution in [2.45, 2.75) is 26.4 Å². The SMILES string of the molecule is Cc1cccc(CNC2=NCC(C)N2)c1. The van der Waals surface area contributed by atoms with Gasteiger partial charge in [-0.25, -0.2) is 0 Å². The van der Waals surface area contributed by atoms with E-state index >= 15 is 0 Å². The number of guanidine groups is 1. The Morgan fingerprint density at radius 1 is 1.53 bits per heavy atom. The van der Waals surface area contributed by atoms with Crippen molar-refractivity contribution in [1.29, 1.82) is 0 Å². The fourth-order valence-electron chi connectivity index (χ4n) is 1.67. The molecule has 2 N–H and O–H groups in total. The zero-order chi connectivity index (χ0) is 10.7. The van der Waals surface area contributed by atoms with Crippen LogP contribution in [0.3, 0.4) is 0 Å². The average Bonchev–Trinajstić information content (AvgIpc) is 2.62. The van der Waals surface area contributed by atoms with Crippen molar-refractivity contribution < 1.29 is 0 Å². The molecule has 1 heterocycles. The van der Waals surface area contributed by atoms with Gasteiger partial charge in [0.15, 0.2) is 5.96 Å². The van der Waals surface area contributed by atoms with Crippen molar-refractivity contribution >= 4 is 5.96 Å². The first-order valence-electron chi connectivity index (χ1n) is 5.34. The first kappa shape index (κ1) is 10.0. The molecule has 1 aliphatic rings. The molecule has 1 aromatic carbocycles. The van der Waals surface area contributed by atoms with Crippen LogP contribution in [0, 0.1) is 6.92 Å². The van der Waals surface area contributed by atoms with E-state index in [2.05, 4.69) is 53.7 Å². The van der Waals surface area contributed by atoms with Crippen molar-refractivity contribution in [2.75, 3.05) is 6.54 Å². The summed E-state index contributed by atoms with van der Waals surface area (Å²) in [5.41, 5.74) is 2.59. The van der Waals surface area contributed by atoms with Crippen LogP contribution in [0.25, 0.3) is 0 Å². The second-order valence-corrected chi connectivity index (χ2v) is 4.08. The van der Waals surface area contributed by atoms with Gasteiger partial charge >= 0.3 is 0 Å². The van der Waals surface area contributed by atoms with Gasteiger partial charge in [0.2, 0.25) is 0 Å². The largest absolute Gasteiger partial charge is 0.352 e.